The molecule has 0 saturated heterocycles. The third kappa shape index (κ3) is 9.45. The fraction of sp³-hybridized carbons (Fsp3) is 0.385. The smallest absolute Gasteiger partial charge is 0.322 e. The van der Waals surface area contributed by atoms with Crippen molar-refractivity contribution in [1.82, 2.24) is 16.0 Å². The molecule has 0 saturated carbocycles. The van der Waals surface area contributed by atoms with Crippen molar-refractivity contribution in [3.05, 3.63) is 59.7 Å². The Hall–Kier alpha value is -4.12. The van der Waals surface area contributed by atoms with Gasteiger partial charge in [0, 0.05) is 6.42 Å². The Kier molecular flexibility index (Phi) is 10.9. The Morgan fingerprint density at radius 1 is 0.811 bits per heavy atom. The van der Waals surface area contributed by atoms with Crippen LogP contribution in [0.5, 0.6) is 11.5 Å². The van der Waals surface area contributed by atoms with E-state index in [1.807, 2.05) is 6.92 Å². The summed E-state index contributed by atoms with van der Waals surface area (Å²) in [6.45, 7) is 2.97. The van der Waals surface area contributed by atoms with Crippen LogP contribution in [0.4, 0.5) is 0 Å². The summed E-state index contributed by atoms with van der Waals surface area (Å²) in [6.07, 6.45) is 0.735. The minimum absolute atomic E-state index is 0.0386. The van der Waals surface area contributed by atoms with Gasteiger partial charge < -0.3 is 37.0 Å². The lowest BCUT2D eigenvalue weighted by atomic mass is 9.97. The van der Waals surface area contributed by atoms with Gasteiger partial charge in [0.2, 0.25) is 17.7 Å². The molecule has 11 heteroatoms. The predicted molar refractivity (Wildman–Crippen MR) is 136 cm³/mol. The Labute approximate surface area is 215 Å². The van der Waals surface area contributed by atoms with E-state index in [2.05, 4.69) is 16.0 Å². The number of carboxylic acid groups (broad SMARTS) is 1. The summed E-state index contributed by atoms with van der Waals surface area (Å²) in [4.78, 5) is 49.7. The molecule has 200 valence electrons. The van der Waals surface area contributed by atoms with Crippen molar-refractivity contribution in [1.29, 1.82) is 0 Å². The second-order valence-electron chi connectivity index (χ2n) is 8.89. The third-order valence-corrected chi connectivity index (χ3v) is 5.94. The largest absolute Gasteiger partial charge is 0.508 e. The first-order valence-electron chi connectivity index (χ1n) is 11.9. The molecule has 0 radical (unpaired) electrons. The molecule has 2 aromatic carbocycles. The van der Waals surface area contributed by atoms with Crippen LogP contribution >= 0.6 is 0 Å². The molecule has 0 bridgehead atoms. The number of aromatic hydroxyl groups is 2. The van der Waals surface area contributed by atoms with Crippen LogP contribution in [0.2, 0.25) is 0 Å². The number of amides is 3. The Bertz CT molecular complexity index is 1070. The fourth-order valence-electron chi connectivity index (χ4n) is 3.56. The van der Waals surface area contributed by atoms with Gasteiger partial charge in [0.1, 0.15) is 30.1 Å². The van der Waals surface area contributed by atoms with Crippen molar-refractivity contribution >= 4 is 23.7 Å². The minimum Gasteiger partial charge on any atom is -0.508 e. The zero-order valence-corrected chi connectivity index (χ0v) is 20.8. The summed E-state index contributed by atoms with van der Waals surface area (Å²) in [7, 11) is 0. The number of phenolic OH excluding ortho intramolecular Hbond substituents is 2. The second kappa shape index (κ2) is 13.8. The minimum atomic E-state index is -1.22. The van der Waals surface area contributed by atoms with Gasteiger partial charge in [-0.25, -0.2) is 0 Å². The summed E-state index contributed by atoms with van der Waals surface area (Å²) in [5.74, 6) is -3.31. The summed E-state index contributed by atoms with van der Waals surface area (Å²) >= 11 is 0. The van der Waals surface area contributed by atoms with E-state index in [-0.39, 0.29) is 30.3 Å². The highest BCUT2D eigenvalue weighted by Crippen LogP contribution is 2.14. The molecule has 11 nitrogen and oxygen atoms in total. The first-order valence-corrected chi connectivity index (χ1v) is 11.9. The normalized spacial score (nSPS) is 14.0. The van der Waals surface area contributed by atoms with E-state index < -0.39 is 48.4 Å². The fourth-order valence-corrected chi connectivity index (χ4v) is 3.56. The number of nitrogens with two attached hydrogens (primary N) is 1. The highest BCUT2D eigenvalue weighted by molar-refractivity contribution is 5.94. The van der Waals surface area contributed by atoms with Crippen molar-refractivity contribution in [2.45, 2.75) is 51.2 Å². The molecule has 0 fully saturated rings. The second-order valence-corrected chi connectivity index (χ2v) is 8.89. The first-order chi connectivity index (χ1) is 17.5. The van der Waals surface area contributed by atoms with Crippen LogP contribution in [0.3, 0.4) is 0 Å². The molecule has 0 heterocycles. The maximum absolute atomic E-state index is 13.3. The average molecular weight is 515 g/mol. The molecule has 0 aliphatic heterocycles. The average Bonchev–Trinajstić information content (AvgIpc) is 2.87. The van der Waals surface area contributed by atoms with Crippen LogP contribution in [0, 0.1) is 5.92 Å². The lowest BCUT2D eigenvalue weighted by Gasteiger charge is -2.27. The van der Waals surface area contributed by atoms with E-state index in [9.17, 15) is 29.4 Å². The van der Waals surface area contributed by atoms with Crippen molar-refractivity contribution in [3.63, 3.8) is 0 Å². The van der Waals surface area contributed by atoms with E-state index in [1.54, 1.807) is 31.2 Å². The third-order valence-electron chi connectivity index (χ3n) is 5.94. The highest BCUT2D eigenvalue weighted by Gasteiger charge is 2.31. The van der Waals surface area contributed by atoms with Gasteiger partial charge in [-0.2, -0.15) is 0 Å². The topological polar surface area (TPSA) is 191 Å². The maximum atomic E-state index is 13.3. The lowest BCUT2D eigenvalue weighted by Crippen LogP contribution is -2.58. The molecule has 4 atom stereocenters. The molecule has 0 aromatic heterocycles. The van der Waals surface area contributed by atoms with Gasteiger partial charge in [-0.15, -0.1) is 0 Å². The molecule has 2 aromatic rings. The van der Waals surface area contributed by atoms with E-state index in [0.717, 1.165) is 0 Å². The molecule has 0 spiro atoms. The quantitative estimate of drug-likeness (QED) is 0.200. The SMILES string of the molecule is CCC(C)C(NC(=O)C(Cc1ccc(O)cc1)NC(=O)C(N)Cc1ccc(O)cc1)C(=O)NCC(=O)O. The number of carbonyl (C=O) groups is 4. The number of aliphatic carboxylic acids is 1. The van der Waals surface area contributed by atoms with Gasteiger partial charge >= 0.3 is 5.97 Å². The zero-order valence-electron chi connectivity index (χ0n) is 20.8. The highest BCUT2D eigenvalue weighted by atomic mass is 16.4. The van der Waals surface area contributed by atoms with Crippen LogP contribution in [0.15, 0.2) is 48.5 Å². The first kappa shape index (κ1) is 29.1. The molecule has 37 heavy (non-hydrogen) atoms. The van der Waals surface area contributed by atoms with Crippen molar-refractivity contribution < 1.29 is 34.5 Å². The van der Waals surface area contributed by atoms with Crippen LogP contribution < -0.4 is 21.7 Å². The van der Waals surface area contributed by atoms with Crippen LogP contribution in [0.25, 0.3) is 0 Å². The van der Waals surface area contributed by atoms with E-state index in [0.29, 0.717) is 17.5 Å². The number of nitrogens with one attached hydrogen (secondary N) is 3. The van der Waals surface area contributed by atoms with Crippen LogP contribution in [-0.4, -0.2) is 63.7 Å². The number of phenols is 2. The number of hydrogen-bond acceptors (Lipinski definition) is 7. The molecule has 2 rings (SSSR count). The molecular formula is C26H34N4O7. The number of rotatable bonds is 13. The molecule has 8 N–H and O–H groups in total. The Morgan fingerprint density at radius 2 is 1.32 bits per heavy atom. The van der Waals surface area contributed by atoms with Gasteiger partial charge in [-0.3, -0.25) is 19.2 Å². The van der Waals surface area contributed by atoms with Crippen molar-refractivity contribution in [2.24, 2.45) is 11.7 Å². The van der Waals surface area contributed by atoms with Crippen LogP contribution in [-0.2, 0) is 32.0 Å². The summed E-state index contributed by atoms with van der Waals surface area (Å²) < 4.78 is 0. The van der Waals surface area contributed by atoms with E-state index in [4.69, 9.17) is 10.8 Å². The summed E-state index contributed by atoms with van der Waals surface area (Å²) in [5.41, 5.74) is 7.43. The molecule has 0 aliphatic rings. The van der Waals surface area contributed by atoms with Gasteiger partial charge in [0.15, 0.2) is 0 Å². The number of carbonyl (C=O) groups excluding carboxylic acids is 3. The lowest BCUT2D eigenvalue weighted by molar-refractivity contribution is -0.139. The van der Waals surface area contributed by atoms with Gasteiger partial charge in [-0.05, 0) is 47.7 Å². The molecule has 3 amide bonds. The van der Waals surface area contributed by atoms with Gasteiger partial charge in [0.05, 0.1) is 6.04 Å². The van der Waals surface area contributed by atoms with E-state index >= 15 is 0 Å². The predicted octanol–water partition coefficient (Wildman–Crippen LogP) is 0.427. The Balaban J connectivity index is 2.20. The monoisotopic (exact) mass is 514 g/mol. The number of hydrogen-bond donors (Lipinski definition) is 7. The van der Waals surface area contributed by atoms with Crippen molar-refractivity contribution in [2.75, 3.05) is 6.54 Å². The Morgan fingerprint density at radius 3 is 1.81 bits per heavy atom. The van der Waals surface area contributed by atoms with Gasteiger partial charge in [-0.1, -0.05) is 44.5 Å². The summed E-state index contributed by atoms with van der Waals surface area (Å²) in [5, 5.41) is 35.5. The maximum Gasteiger partial charge on any atom is 0.322 e. The molecule has 4 unspecified atom stereocenters. The summed E-state index contributed by atoms with van der Waals surface area (Å²) in [6, 6.07) is 9.19. The number of benzene rings is 2. The zero-order chi connectivity index (χ0) is 27.5. The van der Waals surface area contributed by atoms with Crippen molar-refractivity contribution in [3.8, 4) is 11.5 Å². The van der Waals surface area contributed by atoms with Gasteiger partial charge in [0.25, 0.3) is 0 Å². The number of carboxylic acids is 1. The van der Waals surface area contributed by atoms with Crippen LogP contribution in [0.1, 0.15) is 31.4 Å². The van der Waals surface area contributed by atoms with E-state index in [1.165, 1.54) is 24.3 Å². The molecule has 0 aliphatic carbocycles. The standard InChI is InChI=1S/C26H34N4O7/c1-3-15(2)23(26(37)28-14-22(33)34)30-25(36)21(13-17-6-10-19(32)11-7-17)29-24(35)20(27)12-16-4-8-18(31)9-5-16/h4-11,15,20-21,23,31-32H,3,12-14,27H2,1-2H3,(H,28,37)(H,29,35)(H,30,36)(H,33,34). The molecular weight excluding hydrogens is 480 g/mol.